The van der Waals surface area contributed by atoms with E-state index in [2.05, 4.69) is 27.7 Å². The topological polar surface area (TPSA) is 52.6 Å². The van der Waals surface area contributed by atoms with Crippen molar-refractivity contribution in [2.24, 2.45) is 17.8 Å². The monoisotopic (exact) mass is 460 g/mol. The van der Waals surface area contributed by atoms with E-state index in [0.717, 1.165) is 41.4 Å². The molecule has 0 bridgehead atoms. The molecule has 0 spiro atoms. The molecule has 4 heteroatoms. The van der Waals surface area contributed by atoms with Gasteiger partial charge in [0.1, 0.15) is 11.5 Å². The smallest absolute Gasteiger partial charge is 0.311 e. The lowest BCUT2D eigenvalue weighted by Gasteiger charge is -2.19. The number of rotatable bonds is 15. The molecule has 0 unspecified atom stereocenters. The third kappa shape index (κ3) is 9.51. The molecule has 2 atom stereocenters. The van der Waals surface area contributed by atoms with E-state index in [1.807, 2.05) is 20.8 Å². The zero-order chi connectivity index (χ0) is 25.1. The van der Waals surface area contributed by atoms with Crippen molar-refractivity contribution in [3.05, 3.63) is 22.3 Å². The molecule has 0 aliphatic rings. The molecule has 0 N–H and O–H groups in total. The number of carbonyl (C=O) groups is 2. The van der Waals surface area contributed by atoms with Crippen LogP contribution in [-0.4, -0.2) is 18.9 Å². The lowest BCUT2D eigenvalue weighted by Crippen LogP contribution is -2.14. The Hall–Kier alpha value is -1.84. The first-order chi connectivity index (χ1) is 15.5. The van der Waals surface area contributed by atoms with Crippen molar-refractivity contribution in [2.45, 2.75) is 113 Å². The van der Waals surface area contributed by atoms with Gasteiger partial charge in [0.2, 0.25) is 0 Å². The first-order valence-electron chi connectivity index (χ1n) is 12.9. The van der Waals surface area contributed by atoms with Gasteiger partial charge in [-0.15, -0.1) is 0 Å². The number of hydrogen-bond donors (Lipinski definition) is 0. The number of hydrogen-bond acceptors (Lipinski definition) is 4. The van der Waals surface area contributed by atoms with Crippen molar-refractivity contribution in [3.63, 3.8) is 0 Å². The van der Waals surface area contributed by atoms with Gasteiger partial charge in [-0.05, 0) is 63.0 Å². The van der Waals surface area contributed by atoms with Crippen LogP contribution in [0.25, 0.3) is 0 Å². The number of benzene rings is 1. The summed E-state index contributed by atoms with van der Waals surface area (Å²) in [5.41, 5.74) is 2.85. The Bertz CT molecular complexity index is 779. The van der Waals surface area contributed by atoms with Gasteiger partial charge >= 0.3 is 5.97 Å². The van der Waals surface area contributed by atoms with E-state index in [4.69, 9.17) is 9.47 Å². The van der Waals surface area contributed by atoms with E-state index in [0.29, 0.717) is 29.4 Å². The van der Waals surface area contributed by atoms with Crippen molar-refractivity contribution < 1.29 is 19.1 Å². The second-order valence-electron chi connectivity index (χ2n) is 10.5. The molecular weight excluding hydrogens is 412 g/mol. The molecule has 0 saturated heterocycles. The lowest BCUT2D eigenvalue weighted by molar-refractivity contribution is -0.134. The van der Waals surface area contributed by atoms with Crippen molar-refractivity contribution in [3.8, 4) is 11.5 Å². The van der Waals surface area contributed by atoms with E-state index in [1.54, 1.807) is 7.11 Å². The predicted molar refractivity (Wildman–Crippen MR) is 138 cm³/mol. The summed E-state index contributed by atoms with van der Waals surface area (Å²) in [6.07, 6.45) is 10.0. The summed E-state index contributed by atoms with van der Waals surface area (Å²) < 4.78 is 11.2. The maximum atomic E-state index is 12.6. The fraction of sp³-hybridized carbons (Fsp3) is 0.724. The van der Waals surface area contributed by atoms with Crippen LogP contribution in [-0.2, 0) is 4.79 Å². The minimum Gasteiger partial charge on any atom is -0.496 e. The number of methoxy groups -OCH3 is 1. The van der Waals surface area contributed by atoms with Gasteiger partial charge in [-0.1, -0.05) is 72.6 Å². The number of ether oxygens (including phenoxy) is 2. The van der Waals surface area contributed by atoms with Crippen LogP contribution in [0.4, 0.5) is 0 Å². The number of ketones is 1. The van der Waals surface area contributed by atoms with E-state index >= 15 is 0 Å². The van der Waals surface area contributed by atoms with Crippen LogP contribution < -0.4 is 9.47 Å². The van der Waals surface area contributed by atoms with Crippen LogP contribution in [0.3, 0.4) is 0 Å². The largest absolute Gasteiger partial charge is 0.496 e. The highest BCUT2D eigenvalue weighted by molar-refractivity contribution is 6.00. The first kappa shape index (κ1) is 29.2. The standard InChI is InChI=1S/C29H48O4/c1-19(2)13-10-14-20(3)15-11-16-21(4)17-12-18-26(31)33-29-23(6)22(5)28(32-9)24(7)27(29)25(8)30/h19-21H,10-18H2,1-9H3/t20-,21-/m1/s1. The summed E-state index contributed by atoms with van der Waals surface area (Å²) in [5.74, 6) is 2.91. The van der Waals surface area contributed by atoms with Crippen molar-refractivity contribution >= 4 is 11.8 Å². The average molecular weight is 461 g/mol. The third-order valence-corrected chi connectivity index (χ3v) is 6.91. The van der Waals surface area contributed by atoms with Crippen LogP contribution >= 0.6 is 0 Å². The molecular formula is C29H48O4. The number of esters is 1. The minimum absolute atomic E-state index is 0.122. The van der Waals surface area contributed by atoms with Gasteiger partial charge < -0.3 is 9.47 Å². The maximum absolute atomic E-state index is 12.6. The zero-order valence-corrected chi connectivity index (χ0v) is 22.7. The Labute approximate surface area is 202 Å². The Morgan fingerprint density at radius 3 is 1.70 bits per heavy atom. The van der Waals surface area contributed by atoms with Gasteiger partial charge in [0.05, 0.1) is 12.7 Å². The molecule has 0 aliphatic heterocycles. The third-order valence-electron chi connectivity index (χ3n) is 6.91. The van der Waals surface area contributed by atoms with Crippen LogP contribution in [0.1, 0.15) is 119 Å². The van der Waals surface area contributed by atoms with Gasteiger partial charge in [0, 0.05) is 12.0 Å². The normalized spacial score (nSPS) is 13.2. The van der Waals surface area contributed by atoms with Gasteiger partial charge in [0.25, 0.3) is 0 Å². The molecule has 4 nitrogen and oxygen atoms in total. The summed E-state index contributed by atoms with van der Waals surface area (Å²) in [7, 11) is 1.60. The van der Waals surface area contributed by atoms with Crippen LogP contribution in [0.2, 0.25) is 0 Å². The van der Waals surface area contributed by atoms with Crippen LogP contribution in [0.15, 0.2) is 0 Å². The van der Waals surface area contributed by atoms with E-state index in [-0.39, 0.29) is 11.8 Å². The maximum Gasteiger partial charge on any atom is 0.311 e. The highest BCUT2D eigenvalue weighted by Gasteiger charge is 2.23. The van der Waals surface area contributed by atoms with Crippen molar-refractivity contribution in [1.29, 1.82) is 0 Å². The zero-order valence-electron chi connectivity index (χ0n) is 22.7. The molecule has 33 heavy (non-hydrogen) atoms. The molecule has 0 fully saturated rings. The highest BCUT2D eigenvalue weighted by Crippen LogP contribution is 2.38. The molecule has 188 valence electrons. The summed E-state index contributed by atoms with van der Waals surface area (Å²) in [4.78, 5) is 24.9. The molecule has 0 amide bonds. The van der Waals surface area contributed by atoms with E-state index in [1.165, 1.54) is 45.4 Å². The summed E-state index contributed by atoms with van der Waals surface area (Å²) in [6, 6.07) is 0. The Balaban J connectivity index is 2.51. The van der Waals surface area contributed by atoms with Gasteiger partial charge in [0.15, 0.2) is 5.78 Å². The van der Waals surface area contributed by atoms with Crippen LogP contribution in [0, 0.1) is 38.5 Å². The predicted octanol–water partition coefficient (Wildman–Crippen LogP) is 8.17. The Kier molecular flexibility index (Phi) is 12.8. The summed E-state index contributed by atoms with van der Waals surface area (Å²) in [6.45, 7) is 16.4. The molecule has 0 heterocycles. The van der Waals surface area contributed by atoms with E-state index < -0.39 is 0 Å². The van der Waals surface area contributed by atoms with E-state index in [9.17, 15) is 9.59 Å². The highest BCUT2D eigenvalue weighted by atomic mass is 16.5. The SMILES string of the molecule is COc1c(C)c(C)c(OC(=O)CCC[C@H](C)CCC[C@H](C)CCCC(C)C)c(C(C)=O)c1C. The fourth-order valence-corrected chi connectivity index (χ4v) is 4.69. The molecule has 0 radical (unpaired) electrons. The Morgan fingerprint density at radius 2 is 1.21 bits per heavy atom. The second kappa shape index (κ2) is 14.4. The minimum atomic E-state index is -0.268. The van der Waals surface area contributed by atoms with Gasteiger partial charge in [-0.3, -0.25) is 9.59 Å². The van der Waals surface area contributed by atoms with Crippen LogP contribution in [0.5, 0.6) is 11.5 Å². The molecule has 0 aliphatic carbocycles. The first-order valence-corrected chi connectivity index (χ1v) is 12.9. The van der Waals surface area contributed by atoms with Gasteiger partial charge in [-0.25, -0.2) is 0 Å². The Morgan fingerprint density at radius 1 is 0.727 bits per heavy atom. The second-order valence-corrected chi connectivity index (χ2v) is 10.5. The summed E-state index contributed by atoms with van der Waals surface area (Å²) in [5, 5.41) is 0. The fourth-order valence-electron chi connectivity index (χ4n) is 4.69. The summed E-state index contributed by atoms with van der Waals surface area (Å²) >= 11 is 0. The van der Waals surface area contributed by atoms with Gasteiger partial charge in [-0.2, -0.15) is 0 Å². The molecule has 0 saturated carbocycles. The number of Topliss-reactive ketones (excluding diaryl/α,β-unsaturated/α-hetero) is 1. The lowest BCUT2D eigenvalue weighted by atomic mass is 9.92. The average Bonchev–Trinajstić information content (AvgIpc) is 2.71. The van der Waals surface area contributed by atoms with Crippen molar-refractivity contribution in [1.82, 2.24) is 0 Å². The molecule has 1 rings (SSSR count). The molecule has 1 aromatic carbocycles. The van der Waals surface area contributed by atoms with Crippen molar-refractivity contribution in [2.75, 3.05) is 7.11 Å². The molecule has 0 aromatic heterocycles. The number of carbonyl (C=O) groups excluding carboxylic acids is 2. The molecule has 1 aromatic rings. The quantitative estimate of drug-likeness (QED) is 0.150.